The van der Waals surface area contributed by atoms with E-state index >= 15 is 0 Å². The lowest BCUT2D eigenvalue weighted by Gasteiger charge is -1.99. The molecule has 0 heterocycles. The predicted octanol–water partition coefficient (Wildman–Crippen LogP) is 4.44. The van der Waals surface area contributed by atoms with Gasteiger partial charge in [0.05, 0.1) is 11.4 Å². The van der Waals surface area contributed by atoms with Crippen molar-refractivity contribution >= 4 is 23.6 Å². The summed E-state index contributed by atoms with van der Waals surface area (Å²) in [5, 5.41) is 14.3. The number of hydrogen-bond acceptors (Lipinski definition) is 7. The SMILES string of the molecule is Cc1ccc(N=NNC(=O)OC(=O)NN=Nc2ccc(C)cc2)cc1. The standard InChI is InChI=1S/C16H16N6O3/c1-11-3-7-13(8-4-11)17-21-19-15(23)25-16(24)20-22-18-14-9-5-12(2)6-10-14/h3-10H,1-2H3,(H,17,19,23)(H,18,20,24). The quantitative estimate of drug-likeness (QED) is 0.487. The molecule has 2 N–H and O–H groups in total. The molecule has 128 valence electrons. The fourth-order valence-electron chi connectivity index (χ4n) is 1.60. The average molecular weight is 340 g/mol. The van der Waals surface area contributed by atoms with Gasteiger partial charge in [0.2, 0.25) is 0 Å². The van der Waals surface area contributed by atoms with E-state index in [2.05, 4.69) is 25.4 Å². The number of ether oxygens (including phenoxy) is 1. The summed E-state index contributed by atoms with van der Waals surface area (Å²) in [5.41, 5.74) is 7.14. The van der Waals surface area contributed by atoms with Crippen molar-refractivity contribution in [2.45, 2.75) is 13.8 Å². The first-order valence-electron chi connectivity index (χ1n) is 7.25. The van der Waals surface area contributed by atoms with Gasteiger partial charge in [0.15, 0.2) is 0 Å². The molecule has 0 bridgehead atoms. The second kappa shape index (κ2) is 8.87. The molecule has 0 saturated heterocycles. The lowest BCUT2D eigenvalue weighted by Crippen LogP contribution is -2.27. The van der Waals surface area contributed by atoms with E-state index in [4.69, 9.17) is 0 Å². The molecule has 2 aromatic carbocycles. The van der Waals surface area contributed by atoms with E-state index in [1.54, 1.807) is 24.3 Å². The van der Waals surface area contributed by atoms with E-state index in [-0.39, 0.29) is 0 Å². The van der Waals surface area contributed by atoms with Gasteiger partial charge < -0.3 is 4.74 Å². The summed E-state index contributed by atoms with van der Waals surface area (Å²) in [5.74, 6) is 0. The summed E-state index contributed by atoms with van der Waals surface area (Å²) in [6.45, 7) is 3.87. The van der Waals surface area contributed by atoms with E-state index in [1.165, 1.54) is 0 Å². The minimum absolute atomic E-state index is 0.544. The van der Waals surface area contributed by atoms with Crippen LogP contribution in [0.3, 0.4) is 0 Å². The molecule has 0 aliphatic carbocycles. The van der Waals surface area contributed by atoms with Crippen LogP contribution in [0.15, 0.2) is 69.2 Å². The van der Waals surface area contributed by atoms with Crippen LogP contribution in [0.4, 0.5) is 21.0 Å². The first-order valence-corrected chi connectivity index (χ1v) is 7.25. The van der Waals surface area contributed by atoms with Crippen LogP contribution in [0.1, 0.15) is 11.1 Å². The fraction of sp³-hybridized carbons (Fsp3) is 0.125. The van der Waals surface area contributed by atoms with Gasteiger partial charge in [-0.3, -0.25) is 0 Å². The molecule has 0 aliphatic rings. The molecular formula is C16H16N6O3. The maximum Gasteiger partial charge on any atom is 0.438 e. The van der Waals surface area contributed by atoms with E-state index in [0.29, 0.717) is 11.4 Å². The van der Waals surface area contributed by atoms with E-state index in [9.17, 15) is 9.59 Å². The monoisotopic (exact) mass is 340 g/mol. The van der Waals surface area contributed by atoms with Crippen molar-refractivity contribution in [2.24, 2.45) is 20.7 Å². The summed E-state index contributed by atoms with van der Waals surface area (Å²) in [6, 6.07) is 14.3. The summed E-state index contributed by atoms with van der Waals surface area (Å²) in [7, 11) is 0. The number of nitrogens with zero attached hydrogens (tertiary/aromatic N) is 4. The minimum Gasteiger partial charge on any atom is -0.357 e. The largest absolute Gasteiger partial charge is 0.438 e. The van der Waals surface area contributed by atoms with Crippen LogP contribution < -0.4 is 10.9 Å². The third kappa shape index (κ3) is 6.57. The highest BCUT2D eigenvalue weighted by molar-refractivity contribution is 5.82. The minimum atomic E-state index is -1.10. The molecule has 0 radical (unpaired) electrons. The smallest absolute Gasteiger partial charge is 0.357 e. The van der Waals surface area contributed by atoms with Gasteiger partial charge in [0, 0.05) is 0 Å². The van der Waals surface area contributed by atoms with Crippen LogP contribution in [0.5, 0.6) is 0 Å². The number of nitrogens with one attached hydrogen (secondary N) is 2. The second-order valence-corrected chi connectivity index (χ2v) is 4.97. The summed E-state index contributed by atoms with van der Waals surface area (Å²) >= 11 is 0. The van der Waals surface area contributed by atoms with Gasteiger partial charge in [0.25, 0.3) is 0 Å². The number of carbonyl (C=O) groups excluding carboxylic acids is 2. The van der Waals surface area contributed by atoms with Gasteiger partial charge in [0.1, 0.15) is 0 Å². The second-order valence-electron chi connectivity index (χ2n) is 4.97. The number of hydrogen-bond donors (Lipinski definition) is 2. The van der Waals surface area contributed by atoms with Crippen LogP contribution in [0.2, 0.25) is 0 Å². The third-order valence-corrected chi connectivity index (χ3v) is 2.87. The first kappa shape index (κ1) is 17.7. The average Bonchev–Trinajstić information content (AvgIpc) is 2.58. The highest BCUT2D eigenvalue weighted by Gasteiger charge is 2.08. The van der Waals surface area contributed by atoms with Crippen molar-refractivity contribution in [1.29, 1.82) is 0 Å². The molecule has 0 saturated carbocycles. The van der Waals surface area contributed by atoms with Crippen molar-refractivity contribution in [3.63, 3.8) is 0 Å². The molecule has 25 heavy (non-hydrogen) atoms. The van der Waals surface area contributed by atoms with Crippen LogP contribution >= 0.6 is 0 Å². The molecule has 0 unspecified atom stereocenters. The molecular weight excluding hydrogens is 324 g/mol. The number of rotatable bonds is 4. The molecule has 0 aromatic heterocycles. The Labute approximate surface area is 143 Å². The zero-order valence-corrected chi connectivity index (χ0v) is 13.6. The van der Waals surface area contributed by atoms with Gasteiger partial charge in [-0.15, -0.1) is 10.2 Å². The van der Waals surface area contributed by atoms with E-state index < -0.39 is 12.2 Å². The molecule has 0 fully saturated rings. The summed E-state index contributed by atoms with van der Waals surface area (Å²) in [6.07, 6.45) is -2.20. The van der Waals surface area contributed by atoms with Crippen molar-refractivity contribution in [3.05, 3.63) is 59.7 Å². The molecule has 9 heteroatoms. The zero-order chi connectivity index (χ0) is 18.1. The van der Waals surface area contributed by atoms with Gasteiger partial charge in [-0.05, 0) is 38.1 Å². The van der Waals surface area contributed by atoms with Gasteiger partial charge in [-0.2, -0.15) is 10.9 Å². The van der Waals surface area contributed by atoms with Gasteiger partial charge in [-0.1, -0.05) is 45.8 Å². The molecule has 0 aliphatic heterocycles. The summed E-state index contributed by atoms with van der Waals surface area (Å²) in [4.78, 5) is 22.7. The molecule has 2 amide bonds. The molecule has 2 rings (SSSR count). The van der Waals surface area contributed by atoms with Crippen molar-refractivity contribution in [2.75, 3.05) is 0 Å². The van der Waals surface area contributed by atoms with Crippen LogP contribution in [0.25, 0.3) is 0 Å². The van der Waals surface area contributed by atoms with Crippen LogP contribution in [-0.4, -0.2) is 12.2 Å². The Morgan fingerprint density at radius 3 is 1.44 bits per heavy atom. The van der Waals surface area contributed by atoms with Crippen molar-refractivity contribution in [1.82, 2.24) is 10.9 Å². The lowest BCUT2D eigenvalue weighted by molar-refractivity contribution is 0.150. The third-order valence-electron chi connectivity index (χ3n) is 2.87. The Bertz CT molecular complexity index is 717. The molecule has 2 aromatic rings. The Morgan fingerprint density at radius 1 is 0.720 bits per heavy atom. The number of aryl methyl sites for hydroxylation is 2. The molecule has 0 spiro atoms. The van der Waals surface area contributed by atoms with Crippen molar-refractivity contribution in [3.8, 4) is 0 Å². The first-order chi connectivity index (χ1) is 12.0. The highest BCUT2D eigenvalue weighted by atomic mass is 16.6. The fourth-order valence-corrected chi connectivity index (χ4v) is 1.60. The maximum absolute atomic E-state index is 11.3. The lowest BCUT2D eigenvalue weighted by atomic mass is 10.2. The van der Waals surface area contributed by atoms with E-state index in [0.717, 1.165) is 11.1 Å². The number of carbonyl (C=O) groups is 2. The Hall–Kier alpha value is -3.62. The Balaban J connectivity index is 1.73. The van der Waals surface area contributed by atoms with Crippen molar-refractivity contribution < 1.29 is 14.3 Å². The topological polar surface area (TPSA) is 117 Å². The van der Waals surface area contributed by atoms with Crippen LogP contribution in [0, 0.1) is 13.8 Å². The number of benzene rings is 2. The number of amides is 2. The maximum atomic E-state index is 11.3. The van der Waals surface area contributed by atoms with Gasteiger partial charge >= 0.3 is 12.2 Å². The Kier molecular flexibility index (Phi) is 6.29. The molecule has 0 atom stereocenters. The Morgan fingerprint density at radius 2 is 1.08 bits per heavy atom. The highest BCUT2D eigenvalue weighted by Crippen LogP contribution is 2.13. The zero-order valence-electron chi connectivity index (χ0n) is 13.6. The normalized spacial score (nSPS) is 10.8. The van der Waals surface area contributed by atoms with E-state index in [1.807, 2.05) is 49.0 Å². The predicted molar refractivity (Wildman–Crippen MR) is 89.5 cm³/mol. The summed E-state index contributed by atoms with van der Waals surface area (Å²) < 4.78 is 4.36. The van der Waals surface area contributed by atoms with Crippen LogP contribution in [-0.2, 0) is 4.74 Å². The molecule has 9 nitrogen and oxygen atoms in total. The van der Waals surface area contributed by atoms with Gasteiger partial charge in [-0.25, -0.2) is 9.59 Å².